The summed E-state index contributed by atoms with van der Waals surface area (Å²) >= 11 is 0. The van der Waals surface area contributed by atoms with Gasteiger partial charge in [0.1, 0.15) is 17.6 Å². The second kappa shape index (κ2) is 7.25. The number of fused-ring (bicyclic) bond motifs is 1. The summed E-state index contributed by atoms with van der Waals surface area (Å²) in [6.45, 7) is 0. The number of amidine groups is 1. The summed E-state index contributed by atoms with van der Waals surface area (Å²) in [5, 5.41) is 3.38. The average Bonchev–Trinajstić information content (AvgIpc) is 3.03. The lowest BCUT2D eigenvalue weighted by molar-refractivity contribution is -0.201. The van der Waals surface area contributed by atoms with Crippen molar-refractivity contribution < 1.29 is 36.7 Å². The lowest BCUT2D eigenvalue weighted by Gasteiger charge is -2.39. The van der Waals surface area contributed by atoms with Crippen LogP contribution in [-0.4, -0.2) is 41.3 Å². The number of nitrogens with one attached hydrogen (secondary N) is 2. The minimum absolute atomic E-state index is 0.139. The van der Waals surface area contributed by atoms with E-state index < -0.39 is 53.0 Å². The summed E-state index contributed by atoms with van der Waals surface area (Å²) in [7, 11) is 0. The number of benzene rings is 2. The van der Waals surface area contributed by atoms with Gasteiger partial charge in [0.05, 0.1) is 5.69 Å². The highest BCUT2D eigenvalue weighted by molar-refractivity contribution is 6.35. The average molecular weight is 448 g/mol. The van der Waals surface area contributed by atoms with E-state index in [1.54, 1.807) is 10.6 Å². The summed E-state index contributed by atoms with van der Waals surface area (Å²) < 4.78 is 56.2. The number of amides is 5. The van der Waals surface area contributed by atoms with Crippen LogP contribution in [0.25, 0.3) is 0 Å². The van der Waals surface area contributed by atoms with Gasteiger partial charge in [0.2, 0.25) is 11.4 Å². The second-order valence-electron chi connectivity index (χ2n) is 6.94. The number of carbonyl (C=O) groups excluding carboxylic acids is 4. The van der Waals surface area contributed by atoms with Gasteiger partial charge >= 0.3 is 12.2 Å². The van der Waals surface area contributed by atoms with Crippen molar-refractivity contribution in [3.05, 3.63) is 66.0 Å². The SMILES string of the molecule is O=C(NC1(C(F)(F)F)C(=O)N=C2C1C(=O)NC(=O)N2c1ccc(F)cc1)c1ccccc1. The van der Waals surface area contributed by atoms with E-state index in [1.165, 1.54) is 30.3 Å². The van der Waals surface area contributed by atoms with Gasteiger partial charge in [-0.2, -0.15) is 18.2 Å². The normalized spacial score (nSPS) is 22.9. The molecule has 0 aromatic heterocycles. The maximum absolute atomic E-state index is 14.3. The van der Waals surface area contributed by atoms with Gasteiger partial charge in [-0.3, -0.25) is 19.7 Å². The molecule has 2 aromatic carbocycles. The first kappa shape index (κ1) is 21.2. The Bertz CT molecular complexity index is 1160. The molecular formula is C20H12F4N4O4. The largest absolute Gasteiger partial charge is 0.422 e. The van der Waals surface area contributed by atoms with E-state index in [0.29, 0.717) is 4.90 Å². The molecule has 8 nitrogen and oxygen atoms in total. The molecule has 0 saturated carbocycles. The zero-order chi connectivity index (χ0) is 23.3. The second-order valence-corrected chi connectivity index (χ2v) is 6.94. The number of urea groups is 1. The minimum Gasteiger partial charge on any atom is -0.329 e. The summed E-state index contributed by atoms with van der Waals surface area (Å²) in [6.07, 6.45) is -5.46. The number of anilines is 1. The fourth-order valence-electron chi connectivity index (χ4n) is 3.57. The van der Waals surface area contributed by atoms with Gasteiger partial charge < -0.3 is 5.32 Å². The van der Waals surface area contributed by atoms with Crippen LogP contribution in [0.15, 0.2) is 59.6 Å². The standard InChI is InChI=1S/C20H12F4N4O4/c21-11-6-8-12(9-7-11)28-14-13(16(30)26-18(28)32)19(17(31)25-14,20(22,23)24)27-15(29)10-4-2-1-3-5-10/h1-9,13H,(H,27,29)(H,26,30,32). The highest BCUT2D eigenvalue weighted by Crippen LogP contribution is 2.44. The Morgan fingerprint density at radius 2 is 1.66 bits per heavy atom. The zero-order valence-electron chi connectivity index (χ0n) is 15.8. The summed E-state index contributed by atoms with van der Waals surface area (Å²) in [5.41, 5.74) is -4.08. The molecule has 0 radical (unpaired) electrons. The number of alkyl halides is 3. The van der Waals surface area contributed by atoms with Gasteiger partial charge in [0.15, 0.2) is 0 Å². The number of rotatable bonds is 3. The Balaban J connectivity index is 1.82. The molecular weight excluding hydrogens is 436 g/mol. The molecule has 12 heteroatoms. The molecule has 1 saturated heterocycles. The molecule has 1 fully saturated rings. The van der Waals surface area contributed by atoms with Gasteiger partial charge in [0.25, 0.3) is 11.8 Å². The lowest BCUT2D eigenvalue weighted by atomic mass is 9.81. The molecule has 2 atom stereocenters. The van der Waals surface area contributed by atoms with Crippen LogP contribution < -0.4 is 15.5 Å². The molecule has 0 spiro atoms. The van der Waals surface area contributed by atoms with Crippen molar-refractivity contribution in [1.29, 1.82) is 0 Å². The number of hydrogen-bond acceptors (Lipinski definition) is 4. The molecule has 32 heavy (non-hydrogen) atoms. The first-order chi connectivity index (χ1) is 15.1. The maximum Gasteiger partial charge on any atom is 0.422 e. The Kier molecular flexibility index (Phi) is 4.79. The molecule has 0 aliphatic carbocycles. The number of carbonyl (C=O) groups is 4. The fraction of sp³-hybridized carbons (Fsp3) is 0.150. The molecule has 2 heterocycles. The number of aliphatic imine (C=N–C) groups is 1. The number of nitrogens with zero attached hydrogens (tertiary/aromatic N) is 2. The van der Waals surface area contributed by atoms with Crippen molar-refractivity contribution in [3.8, 4) is 0 Å². The van der Waals surface area contributed by atoms with E-state index in [9.17, 15) is 36.7 Å². The topological polar surface area (TPSA) is 108 Å². The van der Waals surface area contributed by atoms with Gasteiger partial charge in [-0.25, -0.2) is 14.1 Å². The smallest absolute Gasteiger partial charge is 0.329 e. The van der Waals surface area contributed by atoms with Crippen LogP contribution in [0.1, 0.15) is 10.4 Å². The van der Waals surface area contributed by atoms with Crippen LogP contribution in [0.3, 0.4) is 0 Å². The van der Waals surface area contributed by atoms with Crippen LogP contribution in [-0.2, 0) is 9.59 Å². The van der Waals surface area contributed by atoms with Crippen molar-refractivity contribution >= 4 is 35.3 Å². The molecule has 2 aliphatic rings. The van der Waals surface area contributed by atoms with Crippen molar-refractivity contribution in [2.75, 3.05) is 4.90 Å². The number of imide groups is 1. The third-order valence-electron chi connectivity index (χ3n) is 5.05. The highest BCUT2D eigenvalue weighted by atomic mass is 19.4. The van der Waals surface area contributed by atoms with Gasteiger partial charge in [-0.05, 0) is 36.4 Å². The molecule has 2 unspecified atom stereocenters. The third-order valence-corrected chi connectivity index (χ3v) is 5.05. The third kappa shape index (κ3) is 3.11. The van der Waals surface area contributed by atoms with Crippen molar-refractivity contribution in [2.45, 2.75) is 11.7 Å². The predicted molar refractivity (Wildman–Crippen MR) is 101 cm³/mol. The number of hydrogen-bond donors (Lipinski definition) is 2. The Labute approximate surface area is 176 Å². The fourth-order valence-corrected chi connectivity index (χ4v) is 3.57. The van der Waals surface area contributed by atoms with Gasteiger partial charge in [-0.15, -0.1) is 0 Å². The van der Waals surface area contributed by atoms with Crippen molar-refractivity contribution in [2.24, 2.45) is 10.9 Å². The van der Waals surface area contributed by atoms with Crippen molar-refractivity contribution in [1.82, 2.24) is 10.6 Å². The van der Waals surface area contributed by atoms with Crippen LogP contribution in [0.4, 0.5) is 28.0 Å². The van der Waals surface area contributed by atoms with E-state index in [4.69, 9.17) is 0 Å². The first-order valence-corrected chi connectivity index (χ1v) is 9.04. The quantitative estimate of drug-likeness (QED) is 0.702. The van der Waals surface area contributed by atoms with E-state index in [0.717, 1.165) is 24.3 Å². The molecule has 4 rings (SSSR count). The Morgan fingerprint density at radius 1 is 1.03 bits per heavy atom. The van der Waals surface area contributed by atoms with Crippen LogP contribution in [0.5, 0.6) is 0 Å². The van der Waals surface area contributed by atoms with E-state index in [2.05, 4.69) is 4.99 Å². The monoisotopic (exact) mass is 448 g/mol. The molecule has 2 aromatic rings. The molecule has 2 aliphatic heterocycles. The maximum atomic E-state index is 14.3. The Hall–Kier alpha value is -4.09. The van der Waals surface area contributed by atoms with Crippen molar-refractivity contribution in [3.63, 3.8) is 0 Å². The van der Waals surface area contributed by atoms with Crippen LogP contribution >= 0.6 is 0 Å². The molecule has 164 valence electrons. The van der Waals surface area contributed by atoms with Gasteiger partial charge in [0, 0.05) is 5.56 Å². The van der Waals surface area contributed by atoms with E-state index in [1.807, 2.05) is 0 Å². The van der Waals surface area contributed by atoms with Gasteiger partial charge in [-0.1, -0.05) is 18.2 Å². The van der Waals surface area contributed by atoms with E-state index in [-0.39, 0.29) is 11.3 Å². The summed E-state index contributed by atoms with van der Waals surface area (Å²) in [6, 6.07) is 9.56. The lowest BCUT2D eigenvalue weighted by Crippen LogP contribution is -2.72. The molecule has 5 amide bonds. The van der Waals surface area contributed by atoms with E-state index >= 15 is 0 Å². The first-order valence-electron chi connectivity index (χ1n) is 9.04. The number of halogens is 4. The highest BCUT2D eigenvalue weighted by Gasteiger charge is 2.74. The summed E-state index contributed by atoms with van der Waals surface area (Å²) in [4.78, 5) is 54.1. The minimum atomic E-state index is -5.46. The molecule has 0 bridgehead atoms. The predicted octanol–water partition coefficient (Wildman–Crippen LogP) is 2.17. The molecule has 2 N–H and O–H groups in total. The van der Waals surface area contributed by atoms with Crippen LogP contribution in [0.2, 0.25) is 0 Å². The van der Waals surface area contributed by atoms with Crippen LogP contribution in [0, 0.1) is 11.7 Å². The summed E-state index contributed by atoms with van der Waals surface area (Å²) in [5.74, 6) is -8.53. The zero-order valence-corrected chi connectivity index (χ0v) is 15.8. The Morgan fingerprint density at radius 3 is 2.25 bits per heavy atom.